The van der Waals surface area contributed by atoms with Crippen LogP contribution in [0.5, 0.6) is 0 Å². The number of carbonyl (C=O) groups is 4. The molecule has 0 saturated carbocycles. The summed E-state index contributed by atoms with van der Waals surface area (Å²) in [6, 6.07) is 7.03. The van der Waals surface area contributed by atoms with Crippen LogP contribution in [-0.2, 0) is 24.0 Å². The number of hydrogen-bond acceptors (Lipinski definition) is 8. The summed E-state index contributed by atoms with van der Waals surface area (Å²) in [5, 5.41) is 11.0. The van der Waals surface area contributed by atoms with Gasteiger partial charge in [-0.2, -0.15) is 5.06 Å². The van der Waals surface area contributed by atoms with Crippen molar-refractivity contribution in [3.63, 3.8) is 0 Å². The van der Waals surface area contributed by atoms with Gasteiger partial charge in [0.25, 0.3) is 11.8 Å². The summed E-state index contributed by atoms with van der Waals surface area (Å²) in [6.45, 7) is 12.6. The van der Waals surface area contributed by atoms with Crippen LogP contribution in [0.4, 0.5) is 0 Å². The molecule has 250 valence electrons. The number of carbonyl (C=O) groups excluding carboxylic acids is 3. The average molecular weight is 654 g/mol. The van der Waals surface area contributed by atoms with Gasteiger partial charge in [-0.15, -0.1) is 11.3 Å². The van der Waals surface area contributed by atoms with Gasteiger partial charge in [-0.05, 0) is 68.2 Å². The van der Waals surface area contributed by atoms with Crippen molar-refractivity contribution in [3.8, 4) is 0 Å². The van der Waals surface area contributed by atoms with Gasteiger partial charge >= 0.3 is 5.97 Å². The zero-order valence-corrected chi connectivity index (χ0v) is 28.4. The third kappa shape index (κ3) is 7.95. The SMILES string of the molecule is CC(C)C[C@H]1ON(C(=O)/C=C/c2nc3ccccc3s2)[C@H]2CN(C3CCN(CCCC(=O)O)CC3)C(=O)[C@H](CC(C)(C)C)N2C1=O. The summed E-state index contributed by atoms with van der Waals surface area (Å²) in [6.07, 6.45) is 4.60. The van der Waals surface area contributed by atoms with Gasteiger partial charge in [0, 0.05) is 31.6 Å². The van der Waals surface area contributed by atoms with Gasteiger partial charge in [0.2, 0.25) is 5.91 Å². The molecule has 1 aromatic carbocycles. The molecule has 3 amide bonds. The third-order valence-electron chi connectivity index (χ3n) is 8.88. The van der Waals surface area contributed by atoms with E-state index in [0.717, 1.165) is 36.1 Å². The molecule has 3 aliphatic rings. The zero-order valence-electron chi connectivity index (χ0n) is 27.6. The number of aromatic nitrogens is 1. The largest absolute Gasteiger partial charge is 0.481 e. The highest BCUT2D eigenvalue weighted by molar-refractivity contribution is 7.19. The number of hydroxylamine groups is 2. The molecule has 0 aliphatic carbocycles. The molecule has 3 aliphatic heterocycles. The van der Waals surface area contributed by atoms with Crippen LogP contribution in [0, 0.1) is 11.3 Å². The number of piperazine rings is 1. The zero-order chi connectivity index (χ0) is 33.2. The second-order valence-corrected chi connectivity index (χ2v) is 15.4. The van der Waals surface area contributed by atoms with Crippen LogP contribution in [0.3, 0.4) is 0 Å². The molecule has 3 fully saturated rings. The van der Waals surface area contributed by atoms with Gasteiger partial charge < -0.3 is 19.8 Å². The van der Waals surface area contributed by atoms with E-state index in [4.69, 9.17) is 9.94 Å². The summed E-state index contributed by atoms with van der Waals surface area (Å²) < 4.78 is 1.02. The lowest BCUT2D eigenvalue weighted by Crippen LogP contribution is -2.74. The minimum atomic E-state index is -0.869. The number of benzene rings is 1. The highest BCUT2D eigenvalue weighted by Crippen LogP contribution is 2.36. The molecular formula is C34H47N5O6S. The van der Waals surface area contributed by atoms with Crippen LogP contribution in [-0.4, -0.2) is 104 Å². The summed E-state index contributed by atoms with van der Waals surface area (Å²) in [7, 11) is 0. The van der Waals surface area contributed by atoms with Gasteiger partial charge in [0.1, 0.15) is 11.0 Å². The number of hydrogen-bond donors (Lipinski definition) is 1. The first-order chi connectivity index (χ1) is 21.8. The maximum Gasteiger partial charge on any atom is 0.303 e. The van der Waals surface area contributed by atoms with E-state index in [9.17, 15) is 19.2 Å². The van der Waals surface area contributed by atoms with Gasteiger partial charge in [0.05, 0.1) is 16.8 Å². The molecule has 0 spiro atoms. The summed E-state index contributed by atoms with van der Waals surface area (Å²) in [5.41, 5.74) is 0.608. The number of piperidine rings is 1. The van der Waals surface area contributed by atoms with E-state index < -0.39 is 30.2 Å². The summed E-state index contributed by atoms with van der Waals surface area (Å²) in [5.74, 6) is -1.37. The number of carboxylic acids is 1. The van der Waals surface area contributed by atoms with Crippen molar-refractivity contribution in [1.29, 1.82) is 0 Å². The molecule has 46 heavy (non-hydrogen) atoms. The molecule has 2 aromatic rings. The minimum Gasteiger partial charge on any atom is -0.481 e. The predicted octanol–water partition coefficient (Wildman–Crippen LogP) is 4.63. The van der Waals surface area contributed by atoms with Crippen LogP contribution in [0.2, 0.25) is 0 Å². The van der Waals surface area contributed by atoms with Crippen molar-refractivity contribution < 1.29 is 29.1 Å². The lowest BCUT2D eigenvalue weighted by atomic mass is 9.84. The quantitative estimate of drug-likeness (QED) is 0.369. The first kappa shape index (κ1) is 34.0. The number of carboxylic acid groups (broad SMARTS) is 1. The molecule has 3 atom stereocenters. The number of nitrogens with zero attached hydrogens (tertiary/aromatic N) is 5. The standard InChI is InChI=1S/C34H47N5O6S/c1-22(2)19-26-33(44)38-25(20-34(3,4)5)32(43)37(23-14-17-36(18-15-23)16-8-11-31(41)42)21-29(38)39(45-26)30(40)13-12-28-35-24-9-6-7-10-27(24)46-28/h6-7,9-10,12-13,22-23,25-26,29H,8,11,14-21H2,1-5H3,(H,41,42)/b13-12+/t25-,26+,29-/m0/s1. The molecule has 1 N–H and O–H groups in total. The van der Waals surface area contributed by atoms with Crippen molar-refractivity contribution >= 4 is 51.3 Å². The maximum absolute atomic E-state index is 14.3. The molecular weight excluding hydrogens is 606 g/mol. The Hall–Kier alpha value is -3.35. The van der Waals surface area contributed by atoms with Crippen molar-refractivity contribution in [3.05, 3.63) is 35.3 Å². The molecule has 0 radical (unpaired) electrons. The second-order valence-electron chi connectivity index (χ2n) is 14.3. The molecule has 5 rings (SSSR count). The number of rotatable bonds is 10. The Labute approximate surface area is 275 Å². The number of thiazole rings is 1. The van der Waals surface area contributed by atoms with Gasteiger partial charge in [-0.1, -0.05) is 46.8 Å². The van der Waals surface area contributed by atoms with E-state index in [-0.39, 0.29) is 42.2 Å². The monoisotopic (exact) mass is 653 g/mol. The van der Waals surface area contributed by atoms with Crippen LogP contribution in [0.25, 0.3) is 16.3 Å². The van der Waals surface area contributed by atoms with Crippen LogP contribution < -0.4 is 0 Å². The normalized spacial score (nSPS) is 23.6. The molecule has 4 heterocycles. The molecule has 3 saturated heterocycles. The van der Waals surface area contributed by atoms with Crippen LogP contribution in [0.15, 0.2) is 30.3 Å². The Bertz CT molecular complexity index is 1430. The Morgan fingerprint density at radius 2 is 1.85 bits per heavy atom. The fraction of sp³-hybridized carbons (Fsp3) is 0.618. The Balaban J connectivity index is 1.41. The minimum absolute atomic E-state index is 0.0495. The molecule has 0 bridgehead atoms. The van der Waals surface area contributed by atoms with Gasteiger partial charge in [0.15, 0.2) is 12.3 Å². The maximum atomic E-state index is 14.3. The van der Waals surface area contributed by atoms with E-state index in [0.29, 0.717) is 30.8 Å². The lowest BCUT2D eigenvalue weighted by molar-refractivity contribution is -0.276. The van der Waals surface area contributed by atoms with Gasteiger partial charge in [-0.3, -0.25) is 24.0 Å². The van der Waals surface area contributed by atoms with Crippen molar-refractivity contribution in [1.82, 2.24) is 24.7 Å². The van der Waals surface area contributed by atoms with E-state index in [1.54, 1.807) is 11.0 Å². The highest BCUT2D eigenvalue weighted by atomic mass is 32.1. The number of likely N-dealkylation sites (tertiary alicyclic amines) is 1. The van der Waals surface area contributed by atoms with E-state index in [1.807, 2.05) is 43.0 Å². The summed E-state index contributed by atoms with van der Waals surface area (Å²) in [4.78, 5) is 69.9. The first-order valence-electron chi connectivity index (χ1n) is 16.4. The lowest BCUT2D eigenvalue weighted by Gasteiger charge is -2.55. The van der Waals surface area contributed by atoms with Crippen LogP contribution >= 0.6 is 11.3 Å². The van der Waals surface area contributed by atoms with E-state index in [1.165, 1.54) is 22.5 Å². The van der Waals surface area contributed by atoms with E-state index in [2.05, 4.69) is 30.7 Å². The number of amides is 3. The smallest absolute Gasteiger partial charge is 0.303 e. The Morgan fingerprint density at radius 1 is 1.13 bits per heavy atom. The Kier molecular flexibility index (Phi) is 10.5. The van der Waals surface area contributed by atoms with Gasteiger partial charge in [-0.25, -0.2) is 4.98 Å². The third-order valence-corrected chi connectivity index (χ3v) is 9.88. The fourth-order valence-corrected chi connectivity index (χ4v) is 7.60. The molecule has 1 aromatic heterocycles. The predicted molar refractivity (Wildman–Crippen MR) is 176 cm³/mol. The number of para-hydroxylation sites is 1. The molecule has 11 nitrogen and oxygen atoms in total. The number of fused-ring (bicyclic) bond motifs is 2. The summed E-state index contributed by atoms with van der Waals surface area (Å²) >= 11 is 1.49. The molecule has 12 heteroatoms. The highest BCUT2D eigenvalue weighted by Gasteiger charge is 2.54. The second kappa shape index (κ2) is 14.2. The average Bonchev–Trinajstić information content (AvgIpc) is 3.41. The van der Waals surface area contributed by atoms with Crippen molar-refractivity contribution in [2.75, 3.05) is 26.2 Å². The topological polar surface area (TPSA) is 124 Å². The Morgan fingerprint density at radius 3 is 2.50 bits per heavy atom. The van der Waals surface area contributed by atoms with Crippen molar-refractivity contribution in [2.24, 2.45) is 11.3 Å². The van der Waals surface area contributed by atoms with Crippen molar-refractivity contribution in [2.45, 2.75) is 97.5 Å². The fourth-order valence-electron chi connectivity index (χ4n) is 6.73. The number of aliphatic carboxylic acids is 1. The molecule has 0 unspecified atom stereocenters. The first-order valence-corrected chi connectivity index (χ1v) is 17.2. The van der Waals surface area contributed by atoms with Crippen LogP contribution in [0.1, 0.15) is 78.2 Å². The van der Waals surface area contributed by atoms with E-state index >= 15 is 0 Å².